The molecule has 1 rings (SSSR count). The molecule has 1 aromatic rings. The number of rotatable bonds is 1. The summed E-state index contributed by atoms with van der Waals surface area (Å²) in [6.07, 6.45) is -4.46. The fourth-order valence-corrected chi connectivity index (χ4v) is 1.01. The van der Waals surface area contributed by atoms with E-state index in [2.05, 4.69) is 6.92 Å². The minimum absolute atomic E-state index is 0.0460. The van der Waals surface area contributed by atoms with Crippen molar-refractivity contribution < 1.29 is 13.2 Å². The molecule has 5 heteroatoms. The zero-order chi connectivity index (χ0) is 10.9. The van der Waals surface area contributed by atoms with Gasteiger partial charge in [-0.15, -0.1) is 0 Å². The Bertz CT molecular complexity index is 369. The smallest absolute Gasteiger partial charge is 0.384 e. The molecule has 0 saturated carbocycles. The van der Waals surface area contributed by atoms with Crippen LogP contribution in [0.2, 0.25) is 0 Å². The molecular formula is C9H8F3N2. The molecule has 14 heavy (non-hydrogen) atoms. The van der Waals surface area contributed by atoms with Crippen LogP contribution in [0.5, 0.6) is 0 Å². The van der Waals surface area contributed by atoms with E-state index in [-0.39, 0.29) is 11.1 Å². The van der Waals surface area contributed by atoms with E-state index in [0.29, 0.717) is 0 Å². The third-order valence-electron chi connectivity index (χ3n) is 1.73. The summed E-state index contributed by atoms with van der Waals surface area (Å²) in [5.41, 5.74) is 4.14. The quantitative estimate of drug-likeness (QED) is 0.531. The van der Waals surface area contributed by atoms with Crippen LogP contribution in [-0.2, 0) is 6.18 Å². The largest absolute Gasteiger partial charge is 0.416 e. The summed E-state index contributed by atoms with van der Waals surface area (Å²) in [4.78, 5) is 0. The number of amidine groups is 1. The van der Waals surface area contributed by atoms with Gasteiger partial charge in [-0.3, -0.25) is 5.41 Å². The molecule has 0 amide bonds. The Balaban J connectivity index is 3.29. The van der Waals surface area contributed by atoms with E-state index < -0.39 is 17.6 Å². The van der Waals surface area contributed by atoms with E-state index in [4.69, 9.17) is 11.1 Å². The normalized spacial score (nSPS) is 11.4. The standard InChI is InChI=1S/C9H8F3N2/c1-5-2-3-6(8(13)14)4-7(5)9(10,11)12/h2-4H,1H2,(H3,13,14). The van der Waals surface area contributed by atoms with Gasteiger partial charge in [0.1, 0.15) is 5.84 Å². The monoisotopic (exact) mass is 201 g/mol. The van der Waals surface area contributed by atoms with E-state index in [1.165, 1.54) is 12.1 Å². The first-order valence-corrected chi connectivity index (χ1v) is 3.70. The first-order valence-electron chi connectivity index (χ1n) is 3.70. The maximum Gasteiger partial charge on any atom is 0.416 e. The van der Waals surface area contributed by atoms with Gasteiger partial charge in [0, 0.05) is 5.56 Å². The number of alkyl halides is 3. The molecule has 0 saturated heterocycles. The molecule has 75 valence electrons. The van der Waals surface area contributed by atoms with Crippen molar-refractivity contribution in [2.24, 2.45) is 5.73 Å². The number of halogens is 3. The minimum Gasteiger partial charge on any atom is -0.384 e. The van der Waals surface area contributed by atoms with E-state index in [0.717, 1.165) is 6.07 Å². The molecule has 0 aliphatic rings. The average Bonchev–Trinajstić information content (AvgIpc) is 2.02. The van der Waals surface area contributed by atoms with Crippen molar-refractivity contribution in [3.8, 4) is 0 Å². The number of nitrogens with two attached hydrogens (primary N) is 1. The zero-order valence-corrected chi connectivity index (χ0v) is 7.15. The molecule has 0 fully saturated rings. The second kappa shape index (κ2) is 3.32. The van der Waals surface area contributed by atoms with Crippen LogP contribution in [0.4, 0.5) is 13.2 Å². The van der Waals surface area contributed by atoms with Gasteiger partial charge < -0.3 is 5.73 Å². The zero-order valence-electron chi connectivity index (χ0n) is 7.15. The fraction of sp³-hybridized carbons (Fsp3) is 0.111. The van der Waals surface area contributed by atoms with E-state index in [9.17, 15) is 13.2 Å². The molecule has 0 atom stereocenters. The molecule has 0 bridgehead atoms. The maximum absolute atomic E-state index is 12.3. The Labute approximate surface area is 79.0 Å². The molecule has 0 aliphatic carbocycles. The summed E-state index contributed by atoms with van der Waals surface area (Å²) < 4.78 is 37.0. The predicted molar refractivity (Wildman–Crippen MR) is 46.9 cm³/mol. The molecule has 1 radical (unpaired) electrons. The highest BCUT2D eigenvalue weighted by Gasteiger charge is 2.32. The number of nitrogens with one attached hydrogen (secondary N) is 1. The molecule has 2 nitrogen and oxygen atoms in total. The lowest BCUT2D eigenvalue weighted by atomic mass is 10.0. The van der Waals surface area contributed by atoms with E-state index >= 15 is 0 Å². The van der Waals surface area contributed by atoms with Crippen molar-refractivity contribution in [2.75, 3.05) is 0 Å². The van der Waals surface area contributed by atoms with Crippen LogP contribution in [0.15, 0.2) is 18.2 Å². The highest BCUT2D eigenvalue weighted by molar-refractivity contribution is 5.95. The lowest BCUT2D eigenvalue weighted by Crippen LogP contribution is -2.14. The van der Waals surface area contributed by atoms with Crippen LogP contribution in [0.25, 0.3) is 0 Å². The van der Waals surface area contributed by atoms with Gasteiger partial charge in [0.15, 0.2) is 0 Å². The first-order chi connectivity index (χ1) is 6.32. The van der Waals surface area contributed by atoms with Crippen molar-refractivity contribution in [1.29, 1.82) is 5.41 Å². The van der Waals surface area contributed by atoms with Crippen molar-refractivity contribution >= 4 is 5.84 Å². The van der Waals surface area contributed by atoms with Gasteiger partial charge in [-0.25, -0.2) is 0 Å². The second-order valence-electron chi connectivity index (χ2n) is 2.78. The summed E-state index contributed by atoms with van der Waals surface area (Å²) in [7, 11) is 0. The maximum atomic E-state index is 12.3. The molecule has 0 unspecified atom stereocenters. The van der Waals surface area contributed by atoms with Crippen molar-refractivity contribution in [3.05, 3.63) is 41.8 Å². The van der Waals surface area contributed by atoms with Crippen LogP contribution < -0.4 is 5.73 Å². The third kappa shape index (κ3) is 2.04. The highest BCUT2D eigenvalue weighted by atomic mass is 19.4. The van der Waals surface area contributed by atoms with E-state index in [1.807, 2.05) is 0 Å². The Morgan fingerprint density at radius 3 is 2.36 bits per heavy atom. The van der Waals surface area contributed by atoms with Gasteiger partial charge in [-0.2, -0.15) is 13.2 Å². The van der Waals surface area contributed by atoms with Gasteiger partial charge in [0.25, 0.3) is 0 Å². The Morgan fingerprint density at radius 2 is 1.93 bits per heavy atom. The minimum atomic E-state index is -4.46. The van der Waals surface area contributed by atoms with Gasteiger partial charge in [-0.05, 0) is 18.6 Å². The number of hydrogen-bond donors (Lipinski definition) is 2. The average molecular weight is 201 g/mol. The van der Waals surface area contributed by atoms with Crippen molar-refractivity contribution in [1.82, 2.24) is 0 Å². The number of nitrogen functional groups attached to an aromatic ring is 1. The third-order valence-corrected chi connectivity index (χ3v) is 1.73. The summed E-state index contributed by atoms with van der Waals surface area (Å²) >= 11 is 0. The number of hydrogen-bond acceptors (Lipinski definition) is 1. The Morgan fingerprint density at radius 1 is 1.36 bits per heavy atom. The summed E-state index contributed by atoms with van der Waals surface area (Å²) in [5.74, 6) is -0.393. The highest BCUT2D eigenvalue weighted by Crippen LogP contribution is 2.32. The topological polar surface area (TPSA) is 49.9 Å². The van der Waals surface area contributed by atoms with E-state index in [1.54, 1.807) is 0 Å². The van der Waals surface area contributed by atoms with Crippen LogP contribution >= 0.6 is 0 Å². The second-order valence-corrected chi connectivity index (χ2v) is 2.78. The van der Waals surface area contributed by atoms with Gasteiger partial charge in [0.2, 0.25) is 0 Å². The van der Waals surface area contributed by atoms with Gasteiger partial charge in [0.05, 0.1) is 5.56 Å². The lowest BCUT2D eigenvalue weighted by Gasteiger charge is -2.11. The molecule has 0 spiro atoms. The molecule has 1 aromatic carbocycles. The van der Waals surface area contributed by atoms with Crippen molar-refractivity contribution in [2.45, 2.75) is 6.18 Å². The summed E-state index contributed by atoms with van der Waals surface area (Å²) in [5, 5.41) is 7.00. The van der Waals surface area contributed by atoms with Crippen LogP contribution in [0, 0.1) is 12.3 Å². The SMILES string of the molecule is [CH2]c1ccc(C(=N)N)cc1C(F)(F)F. The van der Waals surface area contributed by atoms with Crippen LogP contribution in [0.1, 0.15) is 16.7 Å². The lowest BCUT2D eigenvalue weighted by molar-refractivity contribution is -0.137. The molecule has 3 N–H and O–H groups in total. The Hall–Kier alpha value is -1.52. The molecular weight excluding hydrogens is 193 g/mol. The summed E-state index contributed by atoms with van der Waals surface area (Å²) in [6.45, 7) is 3.26. The predicted octanol–water partition coefficient (Wildman–Crippen LogP) is 2.17. The van der Waals surface area contributed by atoms with Gasteiger partial charge in [-0.1, -0.05) is 12.1 Å². The molecule has 0 aromatic heterocycles. The first kappa shape index (κ1) is 10.6. The van der Waals surface area contributed by atoms with Crippen LogP contribution in [-0.4, -0.2) is 5.84 Å². The molecule has 0 heterocycles. The Kier molecular flexibility index (Phi) is 2.51. The fourth-order valence-electron chi connectivity index (χ4n) is 1.01. The summed E-state index contributed by atoms with van der Waals surface area (Å²) in [6, 6.07) is 3.35. The van der Waals surface area contributed by atoms with Gasteiger partial charge >= 0.3 is 6.18 Å². The number of benzene rings is 1. The molecule has 0 aliphatic heterocycles. The van der Waals surface area contributed by atoms with Crippen LogP contribution in [0.3, 0.4) is 0 Å². The van der Waals surface area contributed by atoms with Crippen molar-refractivity contribution in [3.63, 3.8) is 0 Å².